The molecule has 0 aliphatic rings. The van der Waals surface area contributed by atoms with Gasteiger partial charge < -0.3 is 21.1 Å². The van der Waals surface area contributed by atoms with Gasteiger partial charge in [-0.15, -0.1) is 0 Å². The van der Waals surface area contributed by atoms with E-state index < -0.39 is 29.5 Å². The predicted octanol–water partition coefficient (Wildman–Crippen LogP) is 0.917. The Balaban J connectivity index is 5.15. The molecule has 0 aliphatic carbocycles. The van der Waals surface area contributed by atoms with Crippen molar-refractivity contribution in [2.75, 3.05) is 7.11 Å². The third kappa shape index (κ3) is 5.61. The summed E-state index contributed by atoms with van der Waals surface area (Å²) in [5.41, 5.74) is 3.99. The Kier molecular flexibility index (Phi) is 7.76. The SMILES string of the molecule is CCCC(C)(NC(=O)C(NC(N)=O)C(C)CC)C(=O)OC. The molecule has 0 radical (unpaired) electrons. The molecule has 0 saturated heterocycles. The average molecular weight is 301 g/mol. The van der Waals surface area contributed by atoms with Crippen LogP contribution in [0.4, 0.5) is 4.79 Å². The summed E-state index contributed by atoms with van der Waals surface area (Å²) in [5.74, 6) is -1.06. The summed E-state index contributed by atoms with van der Waals surface area (Å²) >= 11 is 0. The lowest BCUT2D eigenvalue weighted by atomic mass is 9.93. The van der Waals surface area contributed by atoms with Crippen molar-refractivity contribution in [1.29, 1.82) is 0 Å². The quantitative estimate of drug-likeness (QED) is 0.579. The zero-order valence-electron chi connectivity index (χ0n) is 13.5. The lowest BCUT2D eigenvalue weighted by Gasteiger charge is -2.31. The van der Waals surface area contributed by atoms with Gasteiger partial charge in [-0.05, 0) is 19.3 Å². The second-order valence-electron chi connectivity index (χ2n) is 5.43. The van der Waals surface area contributed by atoms with Gasteiger partial charge in [-0.2, -0.15) is 0 Å². The van der Waals surface area contributed by atoms with E-state index in [-0.39, 0.29) is 5.92 Å². The van der Waals surface area contributed by atoms with Crippen LogP contribution < -0.4 is 16.4 Å². The zero-order valence-corrected chi connectivity index (χ0v) is 13.5. The molecule has 0 rings (SSSR count). The van der Waals surface area contributed by atoms with Crippen LogP contribution in [0.2, 0.25) is 0 Å². The summed E-state index contributed by atoms with van der Waals surface area (Å²) in [7, 11) is 1.27. The number of rotatable bonds is 8. The first kappa shape index (κ1) is 19.2. The van der Waals surface area contributed by atoms with Crippen LogP contribution in [0.5, 0.6) is 0 Å². The lowest BCUT2D eigenvalue weighted by molar-refractivity contribution is -0.151. The van der Waals surface area contributed by atoms with Crippen LogP contribution in [-0.4, -0.2) is 36.6 Å². The van der Waals surface area contributed by atoms with Gasteiger partial charge in [-0.3, -0.25) is 4.79 Å². The Labute approximate surface area is 126 Å². The van der Waals surface area contributed by atoms with Crippen molar-refractivity contribution in [3.63, 3.8) is 0 Å². The van der Waals surface area contributed by atoms with Gasteiger partial charge in [0.05, 0.1) is 7.11 Å². The van der Waals surface area contributed by atoms with Crippen LogP contribution in [-0.2, 0) is 14.3 Å². The number of amides is 3. The Bertz CT molecular complexity index is 386. The van der Waals surface area contributed by atoms with E-state index >= 15 is 0 Å². The van der Waals surface area contributed by atoms with Crippen molar-refractivity contribution < 1.29 is 19.1 Å². The largest absolute Gasteiger partial charge is 0.467 e. The molecule has 0 aromatic carbocycles. The molecule has 0 bridgehead atoms. The summed E-state index contributed by atoms with van der Waals surface area (Å²) in [5, 5.41) is 5.11. The molecule has 0 aromatic heterocycles. The smallest absolute Gasteiger partial charge is 0.331 e. The first-order valence-corrected chi connectivity index (χ1v) is 7.18. The molecule has 3 amide bonds. The molecule has 3 atom stereocenters. The molecule has 0 aliphatic heterocycles. The summed E-state index contributed by atoms with van der Waals surface area (Å²) in [6.07, 6.45) is 1.82. The van der Waals surface area contributed by atoms with E-state index in [1.165, 1.54) is 7.11 Å². The van der Waals surface area contributed by atoms with E-state index in [4.69, 9.17) is 10.5 Å². The van der Waals surface area contributed by atoms with Crippen LogP contribution in [0, 0.1) is 5.92 Å². The van der Waals surface area contributed by atoms with Crippen molar-refractivity contribution in [3.8, 4) is 0 Å². The summed E-state index contributed by atoms with van der Waals surface area (Å²) in [6, 6.07) is -1.56. The van der Waals surface area contributed by atoms with Crippen LogP contribution >= 0.6 is 0 Å². The van der Waals surface area contributed by atoms with Crippen LogP contribution in [0.25, 0.3) is 0 Å². The van der Waals surface area contributed by atoms with Crippen molar-refractivity contribution in [3.05, 3.63) is 0 Å². The van der Waals surface area contributed by atoms with Crippen molar-refractivity contribution in [2.24, 2.45) is 11.7 Å². The highest BCUT2D eigenvalue weighted by Gasteiger charge is 2.38. The maximum absolute atomic E-state index is 12.4. The van der Waals surface area contributed by atoms with Gasteiger partial charge in [0.2, 0.25) is 5.91 Å². The Hall–Kier alpha value is -1.79. The summed E-state index contributed by atoms with van der Waals surface area (Å²) in [6.45, 7) is 7.24. The van der Waals surface area contributed by atoms with Crippen LogP contribution in [0.1, 0.15) is 47.0 Å². The number of esters is 1. The summed E-state index contributed by atoms with van der Waals surface area (Å²) in [4.78, 5) is 35.4. The van der Waals surface area contributed by atoms with Gasteiger partial charge in [0, 0.05) is 0 Å². The average Bonchev–Trinajstić information content (AvgIpc) is 2.42. The fraction of sp³-hybridized carbons (Fsp3) is 0.786. The highest BCUT2D eigenvalue weighted by molar-refractivity contribution is 5.92. The summed E-state index contributed by atoms with van der Waals surface area (Å²) < 4.78 is 4.75. The minimum Gasteiger partial charge on any atom is -0.467 e. The van der Waals surface area contributed by atoms with Gasteiger partial charge >= 0.3 is 12.0 Å². The Morgan fingerprint density at radius 1 is 1.29 bits per heavy atom. The van der Waals surface area contributed by atoms with E-state index in [1.54, 1.807) is 6.92 Å². The first-order chi connectivity index (χ1) is 9.71. The lowest BCUT2D eigenvalue weighted by Crippen LogP contribution is -2.60. The molecule has 0 fully saturated rings. The molecular weight excluding hydrogens is 274 g/mol. The van der Waals surface area contributed by atoms with Gasteiger partial charge in [0.25, 0.3) is 0 Å². The van der Waals surface area contributed by atoms with Crippen molar-refractivity contribution in [2.45, 2.75) is 58.5 Å². The number of carbonyl (C=O) groups is 3. The standard InChI is InChI=1S/C14H27N3O4/c1-6-8-14(4,12(19)21-5)17-11(18)10(9(3)7-2)16-13(15)20/h9-10H,6-8H2,1-5H3,(H,17,18)(H3,15,16,20). The van der Waals surface area contributed by atoms with E-state index in [0.29, 0.717) is 19.3 Å². The van der Waals surface area contributed by atoms with E-state index in [2.05, 4.69) is 10.6 Å². The maximum atomic E-state index is 12.4. The monoisotopic (exact) mass is 301 g/mol. The third-order valence-corrected chi connectivity index (χ3v) is 3.58. The fourth-order valence-corrected chi connectivity index (χ4v) is 2.15. The number of methoxy groups -OCH3 is 1. The molecule has 4 N–H and O–H groups in total. The van der Waals surface area contributed by atoms with E-state index in [9.17, 15) is 14.4 Å². The molecule has 0 saturated carbocycles. The highest BCUT2D eigenvalue weighted by Crippen LogP contribution is 2.16. The number of urea groups is 1. The zero-order chi connectivity index (χ0) is 16.6. The number of nitrogens with two attached hydrogens (primary N) is 1. The number of hydrogen-bond donors (Lipinski definition) is 3. The molecule has 7 heteroatoms. The molecule has 3 unspecified atom stereocenters. The molecular formula is C14H27N3O4. The van der Waals surface area contributed by atoms with Crippen molar-refractivity contribution in [1.82, 2.24) is 10.6 Å². The third-order valence-electron chi connectivity index (χ3n) is 3.58. The number of nitrogens with one attached hydrogen (secondary N) is 2. The van der Waals surface area contributed by atoms with Crippen LogP contribution in [0.15, 0.2) is 0 Å². The number of ether oxygens (including phenoxy) is 1. The molecule has 0 spiro atoms. The Morgan fingerprint density at radius 3 is 2.24 bits per heavy atom. The van der Waals surface area contributed by atoms with Crippen molar-refractivity contribution >= 4 is 17.9 Å². The van der Waals surface area contributed by atoms with Gasteiger partial charge in [0.1, 0.15) is 11.6 Å². The minimum absolute atomic E-state index is 0.110. The van der Waals surface area contributed by atoms with Gasteiger partial charge in [-0.1, -0.05) is 33.6 Å². The Morgan fingerprint density at radius 2 is 1.86 bits per heavy atom. The predicted molar refractivity (Wildman–Crippen MR) is 79.4 cm³/mol. The molecule has 7 nitrogen and oxygen atoms in total. The van der Waals surface area contributed by atoms with Gasteiger partial charge in [-0.25, -0.2) is 9.59 Å². The maximum Gasteiger partial charge on any atom is 0.331 e. The highest BCUT2D eigenvalue weighted by atomic mass is 16.5. The molecule has 21 heavy (non-hydrogen) atoms. The van der Waals surface area contributed by atoms with Crippen LogP contribution in [0.3, 0.4) is 0 Å². The second-order valence-corrected chi connectivity index (χ2v) is 5.43. The number of primary amides is 1. The van der Waals surface area contributed by atoms with E-state index in [1.807, 2.05) is 20.8 Å². The molecule has 0 aromatic rings. The number of carbonyl (C=O) groups excluding carboxylic acids is 3. The first-order valence-electron chi connectivity index (χ1n) is 7.18. The normalized spacial score (nSPS) is 16.2. The molecule has 122 valence electrons. The van der Waals surface area contributed by atoms with E-state index in [0.717, 1.165) is 0 Å². The van der Waals surface area contributed by atoms with Gasteiger partial charge in [0.15, 0.2) is 0 Å². The number of hydrogen-bond acceptors (Lipinski definition) is 4. The topological polar surface area (TPSA) is 111 Å². The fourth-order valence-electron chi connectivity index (χ4n) is 2.15. The molecule has 0 heterocycles. The second kappa shape index (κ2) is 8.49. The minimum atomic E-state index is -1.12.